The standard InChI is InChI=1S/C13H13F2NO2/c1-2-3-4-5-9(13(17)18)10-6-8(14)7-11(15)12(10)16/h6-7,9H,4-5,16H2,1H3,(H,17,18). The van der Waals surface area contributed by atoms with Crippen LogP contribution >= 0.6 is 0 Å². The normalized spacial score (nSPS) is 11.5. The van der Waals surface area contributed by atoms with Crippen LogP contribution in [0.1, 0.15) is 31.2 Å². The van der Waals surface area contributed by atoms with Crippen LogP contribution in [-0.4, -0.2) is 11.1 Å². The fourth-order valence-electron chi connectivity index (χ4n) is 1.65. The molecule has 1 aromatic carbocycles. The molecule has 0 saturated heterocycles. The van der Waals surface area contributed by atoms with Gasteiger partial charge in [0.1, 0.15) is 11.6 Å². The minimum Gasteiger partial charge on any atom is -0.481 e. The monoisotopic (exact) mass is 253 g/mol. The Morgan fingerprint density at radius 3 is 2.72 bits per heavy atom. The van der Waals surface area contributed by atoms with E-state index in [0.29, 0.717) is 12.5 Å². The van der Waals surface area contributed by atoms with Gasteiger partial charge in [-0.15, -0.1) is 11.8 Å². The van der Waals surface area contributed by atoms with Crippen LogP contribution in [0.15, 0.2) is 12.1 Å². The molecule has 18 heavy (non-hydrogen) atoms. The molecule has 3 nitrogen and oxygen atoms in total. The number of hydrogen-bond acceptors (Lipinski definition) is 2. The summed E-state index contributed by atoms with van der Waals surface area (Å²) < 4.78 is 26.4. The first kappa shape index (κ1) is 14.0. The quantitative estimate of drug-likeness (QED) is 0.640. The van der Waals surface area contributed by atoms with E-state index in [9.17, 15) is 13.6 Å². The summed E-state index contributed by atoms with van der Waals surface area (Å²) in [4.78, 5) is 11.1. The van der Waals surface area contributed by atoms with Crippen molar-refractivity contribution in [2.45, 2.75) is 25.7 Å². The molecule has 1 atom stereocenters. The molecule has 0 saturated carbocycles. The predicted octanol–water partition coefficient (Wildman–Crippen LogP) is 2.52. The van der Waals surface area contributed by atoms with Gasteiger partial charge < -0.3 is 10.8 Å². The van der Waals surface area contributed by atoms with E-state index in [1.165, 1.54) is 0 Å². The molecule has 0 radical (unpaired) electrons. The number of hydrogen-bond donors (Lipinski definition) is 2. The van der Waals surface area contributed by atoms with Gasteiger partial charge in [-0.2, -0.15) is 0 Å². The van der Waals surface area contributed by atoms with E-state index >= 15 is 0 Å². The van der Waals surface area contributed by atoms with Crippen molar-refractivity contribution in [2.75, 3.05) is 5.73 Å². The topological polar surface area (TPSA) is 63.3 Å². The van der Waals surface area contributed by atoms with Crippen LogP contribution < -0.4 is 5.73 Å². The van der Waals surface area contributed by atoms with E-state index in [1.807, 2.05) is 0 Å². The van der Waals surface area contributed by atoms with Crippen LogP contribution in [0.25, 0.3) is 0 Å². The second-order valence-electron chi connectivity index (χ2n) is 3.75. The molecule has 0 bridgehead atoms. The van der Waals surface area contributed by atoms with Gasteiger partial charge in [-0.1, -0.05) is 0 Å². The fourth-order valence-corrected chi connectivity index (χ4v) is 1.65. The third-order valence-corrected chi connectivity index (χ3v) is 2.53. The Bertz CT molecular complexity index is 518. The number of carboxylic acid groups (broad SMARTS) is 1. The van der Waals surface area contributed by atoms with Crippen molar-refractivity contribution < 1.29 is 18.7 Å². The zero-order valence-corrected chi connectivity index (χ0v) is 9.84. The molecule has 0 heterocycles. The van der Waals surface area contributed by atoms with E-state index < -0.39 is 23.5 Å². The highest BCUT2D eigenvalue weighted by Gasteiger charge is 2.23. The molecular weight excluding hydrogens is 240 g/mol. The summed E-state index contributed by atoms with van der Waals surface area (Å²) >= 11 is 0. The zero-order valence-electron chi connectivity index (χ0n) is 9.84. The van der Waals surface area contributed by atoms with Gasteiger partial charge in [-0.25, -0.2) is 8.78 Å². The highest BCUT2D eigenvalue weighted by atomic mass is 19.1. The molecule has 0 amide bonds. The van der Waals surface area contributed by atoms with Crippen LogP contribution in [0.2, 0.25) is 0 Å². The third kappa shape index (κ3) is 3.20. The Hall–Kier alpha value is -2.09. The molecule has 0 aromatic heterocycles. The molecule has 96 valence electrons. The van der Waals surface area contributed by atoms with Crippen molar-refractivity contribution in [3.63, 3.8) is 0 Å². The summed E-state index contributed by atoms with van der Waals surface area (Å²) in [5.41, 5.74) is 5.08. The lowest BCUT2D eigenvalue weighted by molar-refractivity contribution is -0.138. The number of benzene rings is 1. The lowest BCUT2D eigenvalue weighted by Crippen LogP contribution is -2.14. The highest BCUT2D eigenvalue weighted by molar-refractivity contribution is 5.78. The second kappa shape index (κ2) is 6.01. The van der Waals surface area contributed by atoms with Gasteiger partial charge in [0.15, 0.2) is 0 Å². The molecule has 0 aliphatic heterocycles. The first-order valence-electron chi connectivity index (χ1n) is 5.34. The maximum absolute atomic E-state index is 13.3. The maximum Gasteiger partial charge on any atom is 0.311 e. The Kier molecular flexibility index (Phi) is 4.67. The highest BCUT2D eigenvalue weighted by Crippen LogP contribution is 2.29. The van der Waals surface area contributed by atoms with Crippen molar-refractivity contribution in [2.24, 2.45) is 0 Å². The summed E-state index contributed by atoms with van der Waals surface area (Å²) in [6, 6.07) is 1.58. The number of nitrogens with two attached hydrogens (primary N) is 1. The summed E-state index contributed by atoms with van der Waals surface area (Å²) in [6.07, 6.45) is 0.480. The SMILES string of the molecule is CC#CCCC(C(=O)O)c1cc(F)cc(F)c1N. The number of carboxylic acids is 1. The van der Waals surface area contributed by atoms with Crippen molar-refractivity contribution >= 4 is 11.7 Å². The molecular formula is C13H13F2NO2. The van der Waals surface area contributed by atoms with E-state index in [0.717, 1.165) is 6.07 Å². The number of anilines is 1. The molecule has 1 aromatic rings. The minimum absolute atomic E-state index is 0.0436. The Labute approximate surface area is 104 Å². The smallest absolute Gasteiger partial charge is 0.311 e. The summed E-state index contributed by atoms with van der Waals surface area (Å²) in [6.45, 7) is 1.63. The van der Waals surface area contributed by atoms with Gasteiger partial charge in [0.25, 0.3) is 0 Å². The zero-order chi connectivity index (χ0) is 13.7. The minimum atomic E-state index is -1.18. The lowest BCUT2D eigenvalue weighted by atomic mass is 9.92. The third-order valence-electron chi connectivity index (χ3n) is 2.53. The van der Waals surface area contributed by atoms with Gasteiger partial charge in [0.2, 0.25) is 0 Å². The number of rotatable bonds is 4. The summed E-state index contributed by atoms with van der Waals surface area (Å²) in [5.74, 6) is 1.31. The van der Waals surface area contributed by atoms with Gasteiger partial charge in [0, 0.05) is 12.5 Å². The second-order valence-corrected chi connectivity index (χ2v) is 3.75. The maximum atomic E-state index is 13.3. The first-order chi connectivity index (χ1) is 8.47. The Balaban J connectivity index is 3.12. The lowest BCUT2D eigenvalue weighted by Gasteiger charge is -2.14. The number of nitrogen functional groups attached to an aromatic ring is 1. The molecule has 1 unspecified atom stereocenters. The largest absolute Gasteiger partial charge is 0.481 e. The fraction of sp³-hybridized carbons (Fsp3) is 0.308. The van der Waals surface area contributed by atoms with Crippen LogP contribution in [-0.2, 0) is 4.79 Å². The number of halogens is 2. The van der Waals surface area contributed by atoms with Gasteiger partial charge in [0.05, 0.1) is 11.6 Å². The number of carbonyl (C=O) groups is 1. The molecule has 1 rings (SSSR count). The average Bonchev–Trinajstić information content (AvgIpc) is 2.29. The van der Waals surface area contributed by atoms with Gasteiger partial charge in [-0.05, 0) is 25.0 Å². The molecule has 0 spiro atoms. The van der Waals surface area contributed by atoms with Crippen molar-refractivity contribution in [3.8, 4) is 11.8 Å². The van der Waals surface area contributed by atoms with Crippen molar-refractivity contribution in [1.82, 2.24) is 0 Å². The molecule has 3 N–H and O–H groups in total. The van der Waals surface area contributed by atoms with Crippen LogP contribution in [0, 0.1) is 23.5 Å². The van der Waals surface area contributed by atoms with Gasteiger partial charge in [-0.3, -0.25) is 4.79 Å². The Morgan fingerprint density at radius 1 is 1.50 bits per heavy atom. The van der Waals surface area contributed by atoms with E-state index in [1.54, 1.807) is 6.92 Å². The molecule has 0 aliphatic carbocycles. The average molecular weight is 253 g/mol. The Morgan fingerprint density at radius 2 is 2.17 bits per heavy atom. The van der Waals surface area contributed by atoms with E-state index in [-0.39, 0.29) is 17.7 Å². The predicted molar refractivity (Wildman–Crippen MR) is 63.8 cm³/mol. The summed E-state index contributed by atoms with van der Waals surface area (Å²) in [7, 11) is 0. The van der Waals surface area contributed by atoms with Crippen LogP contribution in [0.4, 0.5) is 14.5 Å². The van der Waals surface area contributed by atoms with Crippen molar-refractivity contribution in [3.05, 3.63) is 29.3 Å². The van der Waals surface area contributed by atoms with Crippen LogP contribution in [0.3, 0.4) is 0 Å². The molecule has 5 heteroatoms. The van der Waals surface area contributed by atoms with Gasteiger partial charge >= 0.3 is 5.97 Å². The van der Waals surface area contributed by atoms with Crippen LogP contribution in [0.5, 0.6) is 0 Å². The first-order valence-corrected chi connectivity index (χ1v) is 5.34. The number of aliphatic carboxylic acids is 1. The summed E-state index contributed by atoms with van der Waals surface area (Å²) in [5, 5.41) is 9.08. The van der Waals surface area contributed by atoms with E-state index in [2.05, 4.69) is 11.8 Å². The molecule has 0 aliphatic rings. The van der Waals surface area contributed by atoms with Crippen molar-refractivity contribution in [1.29, 1.82) is 0 Å². The van der Waals surface area contributed by atoms with E-state index in [4.69, 9.17) is 10.8 Å². The molecule has 0 fully saturated rings.